The Balaban J connectivity index is 1.62. The summed E-state index contributed by atoms with van der Waals surface area (Å²) < 4.78 is 10.5. The molecule has 1 N–H and O–H groups in total. The van der Waals surface area contributed by atoms with E-state index in [-0.39, 0.29) is 12.5 Å². The monoisotopic (exact) mass is 309 g/mol. The lowest BCUT2D eigenvalue weighted by Crippen LogP contribution is -2.20. The van der Waals surface area contributed by atoms with E-state index in [2.05, 4.69) is 15.5 Å². The maximum absolute atomic E-state index is 12.0. The molecule has 6 heteroatoms. The Morgan fingerprint density at radius 2 is 2.00 bits per heavy atom. The van der Waals surface area contributed by atoms with Crippen molar-refractivity contribution in [1.82, 2.24) is 10.1 Å². The molecule has 0 spiro atoms. The van der Waals surface area contributed by atoms with Crippen molar-refractivity contribution in [2.45, 2.75) is 6.92 Å². The zero-order valence-corrected chi connectivity index (χ0v) is 12.5. The topological polar surface area (TPSA) is 77.2 Å². The van der Waals surface area contributed by atoms with Crippen molar-refractivity contribution in [2.24, 2.45) is 0 Å². The molecule has 23 heavy (non-hydrogen) atoms. The molecule has 0 atom stereocenters. The van der Waals surface area contributed by atoms with Gasteiger partial charge in [-0.25, -0.2) is 0 Å². The maximum Gasteiger partial charge on any atom is 0.262 e. The van der Waals surface area contributed by atoms with Gasteiger partial charge in [0, 0.05) is 11.3 Å². The molecule has 6 nitrogen and oxygen atoms in total. The number of aryl methyl sites for hydroxylation is 1. The van der Waals surface area contributed by atoms with E-state index in [1.807, 2.05) is 30.3 Å². The molecule has 1 heterocycles. The Morgan fingerprint density at radius 3 is 2.74 bits per heavy atom. The van der Waals surface area contributed by atoms with Gasteiger partial charge in [-0.1, -0.05) is 29.4 Å². The largest absolute Gasteiger partial charge is 0.484 e. The fourth-order valence-corrected chi connectivity index (χ4v) is 2.01. The minimum absolute atomic E-state index is 0.0616. The fourth-order valence-electron chi connectivity index (χ4n) is 2.01. The first-order valence-electron chi connectivity index (χ1n) is 7.09. The van der Waals surface area contributed by atoms with E-state index in [1.54, 1.807) is 31.2 Å². The van der Waals surface area contributed by atoms with E-state index in [1.165, 1.54) is 0 Å². The number of nitrogens with one attached hydrogen (secondary N) is 1. The average Bonchev–Trinajstić information content (AvgIpc) is 3.01. The first-order chi connectivity index (χ1) is 11.2. The lowest BCUT2D eigenvalue weighted by atomic mass is 10.2. The second kappa shape index (κ2) is 6.74. The van der Waals surface area contributed by atoms with E-state index in [4.69, 9.17) is 9.26 Å². The zero-order chi connectivity index (χ0) is 16.1. The van der Waals surface area contributed by atoms with Gasteiger partial charge < -0.3 is 14.6 Å². The van der Waals surface area contributed by atoms with Crippen molar-refractivity contribution in [3.8, 4) is 17.2 Å². The molecule has 0 aliphatic carbocycles. The predicted molar refractivity (Wildman–Crippen MR) is 85.0 cm³/mol. The van der Waals surface area contributed by atoms with E-state index in [0.717, 1.165) is 5.56 Å². The number of ether oxygens (including phenoxy) is 1. The summed E-state index contributed by atoms with van der Waals surface area (Å²) >= 11 is 0. The highest BCUT2D eigenvalue weighted by Crippen LogP contribution is 2.21. The van der Waals surface area contributed by atoms with Crippen molar-refractivity contribution in [3.63, 3.8) is 0 Å². The number of hydrogen-bond acceptors (Lipinski definition) is 5. The molecule has 0 saturated heterocycles. The molecule has 0 bridgehead atoms. The van der Waals surface area contributed by atoms with Crippen molar-refractivity contribution in [2.75, 3.05) is 11.9 Å². The molecular formula is C17H15N3O3. The van der Waals surface area contributed by atoms with E-state index >= 15 is 0 Å². The van der Waals surface area contributed by atoms with Gasteiger partial charge in [0.15, 0.2) is 12.4 Å². The number of anilines is 1. The molecule has 1 aromatic heterocycles. The molecule has 0 radical (unpaired) electrons. The Bertz CT molecular complexity index is 800. The van der Waals surface area contributed by atoms with Crippen LogP contribution in [0.2, 0.25) is 0 Å². The molecule has 0 saturated carbocycles. The third kappa shape index (κ3) is 3.94. The van der Waals surface area contributed by atoms with Gasteiger partial charge in [0.25, 0.3) is 11.8 Å². The number of nitrogens with zero attached hydrogens (tertiary/aromatic N) is 2. The zero-order valence-electron chi connectivity index (χ0n) is 12.5. The summed E-state index contributed by atoms with van der Waals surface area (Å²) in [5.41, 5.74) is 1.38. The second-order valence-corrected chi connectivity index (χ2v) is 4.88. The Kier molecular flexibility index (Phi) is 4.33. The van der Waals surface area contributed by atoms with Crippen LogP contribution in [0.1, 0.15) is 5.82 Å². The molecule has 3 aromatic rings. The molecule has 0 aliphatic rings. The molecule has 2 aromatic carbocycles. The van der Waals surface area contributed by atoms with Crippen LogP contribution in [0.15, 0.2) is 59.1 Å². The number of rotatable bonds is 5. The Hall–Kier alpha value is -3.15. The molecule has 0 aliphatic heterocycles. The molecule has 116 valence electrons. The lowest BCUT2D eigenvalue weighted by molar-refractivity contribution is -0.118. The molecule has 0 fully saturated rings. The summed E-state index contributed by atoms with van der Waals surface area (Å²) in [5.74, 6) is 1.38. The summed E-state index contributed by atoms with van der Waals surface area (Å²) in [7, 11) is 0. The highest BCUT2D eigenvalue weighted by atomic mass is 16.5. The van der Waals surface area contributed by atoms with E-state index < -0.39 is 0 Å². The van der Waals surface area contributed by atoms with Gasteiger partial charge in [0.1, 0.15) is 5.75 Å². The van der Waals surface area contributed by atoms with E-state index in [0.29, 0.717) is 23.2 Å². The van der Waals surface area contributed by atoms with Crippen LogP contribution in [0, 0.1) is 6.92 Å². The first-order valence-corrected chi connectivity index (χ1v) is 7.09. The minimum atomic E-state index is -0.243. The fraction of sp³-hybridized carbons (Fsp3) is 0.118. The Labute approximate surface area is 133 Å². The summed E-state index contributed by atoms with van der Waals surface area (Å²) in [6, 6.07) is 16.4. The number of para-hydroxylation sites is 1. The molecular weight excluding hydrogens is 294 g/mol. The van der Waals surface area contributed by atoms with Crippen molar-refractivity contribution in [1.29, 1.82) is 0 Å². The van der Waals surface area contributed by atoms with Crippen LogP contribution in [0.25, 0.3) is 11.5 Å². The molecule has 1 amide bonds. The molecule has 3 rings (SSSR count). The number of benzene rings is 2. The number of carbonyl (C=O) groups excluding carboxylic acids is 1. The second-order valence-electron chi connectivity index (χ2n) is 4.88. The van der Waals surface area contributed by atoms with Gasteiger partial charge in [0.05, 0.1) is 0 Å². The van der Waals surface area contributed by atoms with E-state index in [9.17, 15) is 4.79 Å². The highest BCUT2D eigenvalue weighted by Gasteiger charge is 2.08. The van der Waals surface area contributed by atoms with Crippen LogP contribution < -0.4 is 10.1 Å². The van der Waals surface area contributed by atoms with Crippen LogP contribution in [0.3, 0.4) is 0 Å². The van der Waals surface area contributed by atoms with Gasteiger partial charge in [-0.3, -0.25) is 4.79 Å². The smallest absolute Gasteiger partial charge is 0.262 e. The van der Waals surface area contributed by atoms with Gasteiger partial charge in [0.2, 0.25) is 0 Å². The third-order valence-electron chi connectivity index (χ3n) is 3.03. The van der Waals surface area contributed by atoms with Crippen LogP contribution in [-0.2, 0) is 4.79 Å². The van der Waals surface area contributed by atoms with Crippen molar-refractivity contribution in [3.05, 3.63) is 60.4 Å². The average molecular weight is 309 g/mol. The number of hydrogen-bond donors (Lipinski definition) is 1. The summed E-state index contributed by atoms with van der Waals surface area (Å²) in [6.45, 7) is 1.69. The van der Waals surface area contributed by atoms with Crippen LogP contribution >= 0.6 is 0 Å². The molecule has 0 unspecified atom stereocenters. The normalized spacial score (nSPS) is 10.3. The van der Waals surface area contributed by atoms with Crippen LogP contribution in [0.4, 0.5) is 5.69 Å². The minimum Gasteiger partial charge on any atom is -0.484 e. The standard InChI is InChI=1S/C17H15N3O3/c1-12-18-17(23-20-12)13-6-5-7-14(10-13)19-16(21)11-22-15-8-3-2-4-9-15/h2-10H,11H2,1H3,(H,19,21). The lowest BCUT2D eigenvalue weighted by Gasteiger charge is -2.08. The van der Waals surface area contributed by atoms with Gasteiger partial charge in [-0.2, -0.15) is 4.98 Å². The van der Waals surface area contributed by atoms with Gasteiger partial charge >= 0.3 is 0 Å². The third-order valence-corrected chi connectivity index (χ3v) is 3.03. The van der Waals surface area contributed by atoms with Crippen LogP contribution in [-0.4, -0.2) is 22.7 Å². The maximum atomic E-state index is 12.0. The van der Waals surface area contributed by atoms with Gasteiger partial charge in [-0.15, -0.1) is 0 Å². The first kappa shape index (κ1) is 14.8. The Morgan fingerprint density at radius 1 is 1.17 bits per heavy atom. The number of aromatic nitrogens is 2. The summed E-state index contributed by atoms with van der Waals surface area (Å²) in [6.07, 6.45) is 0. The van der Waals surface area contributed by atoms with Crippen molar-refractivity contribution >= 4 is 11.6 Å². The van der Waals surface area contributed by atoms with Gasteiger partial charge in [-0.05, 0) is 37.3 Å². The number of carbonyl (C=O) groups is 1. The predicted octanol–water partition coefficient (Wildman–Crippen LogP) is 3.06. The summed E-state index contributed by atoms with van der Waals surface area (Å²) in [4.78, 5) is 16.1. The van der Waals surface area contributed by atoms with Crippen molar-refractivity contribution < 1.29 is 14.1 Å². The van der Waals surface area contributed by atoms with Crippen LogP contribution in [0.5, 0.6) is 5.75 Å². The number of amides is 1. The highest BCUT2D eigenvalue weighted by molar-refractivity contribution is 5.92. The quantitative estimate of drug-likeness (QED) is 0.783. The summed E-state index contributed by atoms with van der Waals surface area (Å²) in [5, 5.41) is 6.53. The SMILES string of the molecule is Cc1noc(-c2cccc(NC(=O)COc3ccccc3)c2)n1.